The van der Waals surface area contributed by atoms with Crippen molar-refractivity contribution in [1.82, 2.24) is 0 Å². The average Bonchev–Trinajstić information content (AvgIpc) is 2.90. The van der Waals surface area contributed by atoms with Crippen LogP contribution in [0, 0.1) is 0 Å². The van der Waals surface area contributed by atoms with Crippen molar-refractivity contribution in [1.29, 1.82) is 0 Å². The first-order valence-electron chi connectivity index (χ1n) is 10.4. The monoisotopic (exact) mass is 548 g/mol. The smallest absolute Gasteiger partial charge is 0.340 e. The van der Waals surface area contributed by atoms with Crippen LogP contribution >= 0.6 is 0 Å². The van der Waals surface area contributed by atoms with Crippen molar-refractivity contribution in [3.8, 4) is 23.0 Å². The number of hydrogen-bond acceptors (Lipinski definition) is 11. The van der Waals surface area contributed by atoms with E-state index < -0.39 is 77.8 Å². The number of ketones is 3. The Hall–Kier alpha value is -5.82. The first kappa shape index (κ1) is 26.2. The van der Waals surface area contributed by atoms with Crippen molar-refractivity contribution in [2.24, 2.45) is 10.2 Å². The molecule has 15 nitrogen and oxygen atoms in total. The molecule has 3 N–H and O–H groups in total. The van der Waals surface area contributed by atoms with Gasteiger partial charge in [-0.05, 0) is 35.3 Å². The van der Waals surface area contributed by atoms with Crippen molar-refractivity contribution in [3.05, 3.63) is 103 Å². The van der Waals surface area contributed by atoms with E-state index in [1.807, 2.05) is 0 Å². The highest BCUT2D eigenvalue weighted by Gasteiger charge is 2.40. The number of aromatic hydroxyl groups is 3. The zero-order chi connectivity index (χ0) is 28.5. The molecule has 0 radical (unpaired) electrons. The van der Waals surface area contributed by atoms with Crippen molar-refractivity contribution >= 4 is 38.1 Å². The molecule has 194 valence electrons. The van der Waals surface area contributed by atoms with Gasteiger partial charge in [0.15, 0.2) is 17.3 Å². The van der Waals surface area contributed by atoms with Crippen LogP contribution in [-0.2, 0) is 14.9 Å². The molecule has 0 heterocycles. The second kappa shape index (κ2) is 9.91. The Balaban J connectivity index is 1.85. The Kier molecular flexibility index (Phi) is 6.67. The summed E-state index contributed by atoms with van der Waals surface area (Å²) in [6.07, 6.45) is 0. The molecule has 0 saturated heterocycles. The fraction of sp³-hybridized carbons (Fsp3) is 0. The summed E-state index contributed by atoms with van der Waals surface area (Å²) in [4.78, 5) is 42.1. The molecule has 3 aromatic carbocycles. The summed E-state index contributed by atoms with van der Waals surface area (Å²) >= 11 is 0. The summed E-state index contributed by atoms with van der Waals surface area (Å²) in [5.74, 6) is -6.59. The Labute approximate surface area is 217 Å². The van der Waals surface area contributed by atoms with Crippen LogP contribution in [0.15, 0.2) is 70.5 Å². The van der Waals surface area contributed by atoms with E-state index in [1.165, 1.54) is 18.2 Å². The maximum atomic E-state index is 13.5. The Morgan fingerprint density at radius 1 is 0.872 bits per heavy atom. The van der Waals surface area contributed by atoms with Crippen molar-refractivity contribution < 1.29 is 42.3 Å². The second-order valence-corrected chi connectivity index (χ2v) is 9.12. The zero-order valence-corrected chi connectivity index (χ0v) is 19.9. The molecule has 0 atom stereocenters. The van der Waals surface area contributed by atoms with Gasteiger partial charge >= 0.3 is 10.1 Å². The van der Waals surface area contributed by atoms with E-state index >= 15 is 0 Å². The number of carbonyl (C=O) groups excluding carboxylic acids is 3. The number of fused-ring (bicyclic) bond motifs is 1. The highest BCUT2D eigenvalue weighted by molar-refractivity contribution is 7.96. The lowest BCUT2D eigenvalue weighted by Crippen LogP contribution is -2.27. The van der Waals surface area contributed by atoms with Gasteiger partial charge in [0.05, 0.1) is 5.56 Å². The molecule has 0 unspecified atom stereocenters. The lowest BCUT2D eigenvalue weighted by Gasteiger charge is -2.21. The largest absolute Gasteiger partial charge is 0.504 e. The summed E-state index contributed by atoms with van der Waals surface area (Å²) < 4.78 is 32.0. The Bertz CT molecular complexity index is 1850. The molecule has 0 saturated carbocycles. The van der Waals surface area contributed by atoms with E-state index in [0.29, 0.717) is 0 Å². The predicted molar refractivity (Wildman–Crippen MR) is 132 cm³/mol. The first-order valence-corrected chi connectivity index (χ1v) is 11.8. The van der Waals surface area contributed by atoms with Gasteiger partial charge in [-0.1, -0.05) is 40.6 Å². The molecular formula is C23H12N6O9S. The van der Waals surface area contributed by atoms with E-state index in [9.17, 15) is 38.1 Å². The topological polar surface area (TPSA) is 253 Å². The van der Waals surface area contributed by atoms with Crippen LogP contribution in [0.3, 0.4) is 0 Å². The number of Topliss-reactive ketones (excluding diaryl/α,β-unsaturated/α-hetero) is 2. The minimum atomic E-state index is -5.12. The molecule has 16 heteroatoms. The van der Waals surface area contributed by atoms with Gasteiger partial charge in [0.1, 0.15) is 16.4 Å². The third-order valence-corrected chi connectivity index (χ3v) is 6.68. The third-order valence-electron chi connectivity index (χ3n) is 5.37. The van der Waals surface area contributed by atoms with E-state index in [1.54, 1.807) is 0 Å². The summed E-state index contributed by atoms with van der Waals surface area (Å²) in [5, 5.41) is 35.7. The van der Waals surface area contributed by atoms with Gasteiger partial charge in [-0.15, -0.1) is 0 Å². The van der Waals surface area contributed by atoms with E-state index in [0.717, 1.165) is 36.4 Å². The molecule has 0 aliphatic heterocycles. The van der Waals surface area contributed by atoms with E-state index in [4.69, 9.17) is 15.2 Å². The molecule has 4 rings (SSSR count). The van der Waals surface area contributed by atoms with Crippen LogP contribution < -0.4 is 4.18 Å². The SMILES string of the molecule is [N-]=[N+]=NC1=C(S(=O)(=O)Oc2cccc(C(=O)c3ccc(O)c(O)c3O)c2)c2c(N=[N+]=[N-])cccc2C(=O)C1=O. The summed E-state index contributed by atoms with van der Waals surface area (Å²) in [6, 6.07) is 9.99. The lowest BCUT2D eigenvalue weighted by atomic mass is 9.92. The fourth-order valence-electron chi connectivity index (χ4n) is 3.70. The summed E-state index contributed by atoms with van der Waals surface area (Å²) in [6.45, 7) is 0. The van der Waals surface area contributed by atoms with Gasteiger partial charge < -0.3 is 19.5 Å². The number of benzene rings is 3. The van der Waals surface area contributed by atoms with Crippen LogP contribution in [0.4, 0.5) is 5.69 Å². The number of azide groups is 2. The van der Waals surface area contributed by atoms with Crippen LogP contribution in [-0.4, -0.2) is 41.1 Å². The van der Waals surface area contributed by atoms with Crippen LogP contribution in [0.2, 0.25) is 0 Å². The van der Waals surface area contributed by atoms with Crippen molar-refractivity contribution in [3.63, 3.8) is 0 Å². The van der Waals surface area contributed by atoms with E-state index in [-0.39, 0.29) is 11.3 Å². The minimum Gasteiger partial charge on any atom is -0.504 e. The Morgan fingerprint density at radius 2 is 1.56 bits per heavy atom. The quantitative estimate of drug-likeness (QED) is 0.0728. The lowest BCUT2D eigenvalue weighted by molar-refractivity contribution is -0.111. The van der Waals surface area contributed by atoms with Gasteiger partial charge in [0, 0.05) is 32.2 Å². The standard InChI is InChI=1S/C23H12N6O9S/c24-28-26-14-6-2-5-12-16(14)23(17(27-29-25)22(35)19(12)32)39(36,37)38-11-4-1-3-10(9-11)18(31)13-7-8-15(30)21(34)20(13)33/h1-9,30,33-34H. The van der Waals surface area contributed by atoms with Gasteiger partial charge in [-0.3, -0.25) is 14.4 Å². The molecule has 3 aromatic rings. The summed E-state index contributed by atoms with van der Waals surface area (Å²) in [7, 11) is -5.12. The predicted octanol–water partition coefficient (Wildman–Crippen LogP) is 4.13. The molecule has 0 spiro atoms. The first-order chi connectivity index (χ1) is 18.5. The van der Waals surface area contributed by atoms with Gasteiger partial charge in [0.2, 0.25) is 17.3 Å². The second-order valence-electron chi connectivity index (χ2n) is 7.64. The molecule has 1 aliphatic carbocycles. The average molecular weight is 548 g/mol. The number of carbonyl (C=O) groups is 3. The molecular weight excluding hydrogens is 536 g/mol. The molecule has 39 heavy (non-hydrogen) atoms. The molecule has 0 amide bonds. The Morgan fingerprint density at radius 3 is 2.26 bits per heavy atom. The van der Waals surface area contributed by atoms with Gasteiger partial charge in [-0.25, -0.2) is 0 Å². The maximum Gasteiger partial charge on any atom is 0.340 e. The molecule has 0 fully saturated rings. The highest BCUT2D eigenvalue weighted by atomic mass is 32.2. The molecule has 0 bridgehead atoms. The summed E-state index contributed by atoms with van der Waals surface area (Å²) in [5.41, 5.74) is 14.7. The third kappa shape index (κ3) is 4.56. The maximum absolute atomic E-state index is 13.5. The fourth-order valence-corrected chi connectivity index (χ4v) is 4.97. The van der Waals surface area contributed by atoms with Gasteiger partial charge in [0.25, 0.3) is 0 Å². The number of phenolic OH excluding ortho intramolecular Hbond substituents is 3. The molecule has 1 aliphatic rings. The normalized spacial score (nSPS) is 12.7. The zero-order valence-electron chi connectivity index (χ0n) is 19.1. The van der Waals surface area contributed by atoms with E-state index in [2.05, 4.69) is 20.1 Å². The number of nitrogens with zero attached hydrogens (tertiary/aromatic N) is 6. The molecule has 0 aromatic heterocycles. The van der Waals surface area contributed by atoms with Crippen molar-refractivity contribution in [2.75, 3.05) is 0 Å². The number of phenols is 3. The van der Waals surface area contributed by atoms with Crippen LogP contribution in [0.1, 0.15) is 31.8 Å². The van der Waals surface area contributed by atoms with Crippen LogP contribution in [0.25, 0.3) is 25.8 Å². The highest BCUT2D eigenvalue weighted by Crippen LogP contribution is 2.41. The van der Waals surface area contributed by atoms with Crippen LogP contribution in [0.5, 0.6) is 23.0 Å². The van der Waals surface area contributed by atoms with Gasteiger partial charge in [-0.2, -0.15) is 8.42 Å². The number of rotatable bonds is 7. The number of hydrogen-bond donors (Lipinski definition) is 3. The van der Waals surface area contributed by atoms with Crippen molar-refractivity contribution in [2.45, 2.75) is 0 Å². The number of allylic oxidation sites excluding steroid dienone is 1. The minimum absolute atomic E-state index is 0.225.